The zero-order valence-electron chi connectivity index (χ0n) is 17.6. The van der Waals surface area contributed by atoms with Crippen LogP contribution in [0.15, 0.2) is 48.5 Å². The smallest absolute Gasteiger partial charge is 0.260 e. The number of carbonyl (C=O) groups excluding carboxylic acids is 1. The van der Waals surface area contributed by atoms with Crippen LogP contribution in [0.5, 0.6) is 0 Å². The van der Waals surface area contributed by atoms with Crippen molar-refractivity contribution in [2.75, 3.05) is 11.4 Å². The molecule has 1 amide bonds. The maximum Gasteiger partial charge on any atom is 0.260 e. The summed E-state index contributed by atoms with van der Waals surface area (Å²) in [5.41, 5.74) is 4.00. The van der Waals surface area contributed by atoms with Gasteiger partial charge in [-0.05, 0) is 55.7 Å². The van der Waals surface area contributed by atoms with Crippen LogP contribution in [0.1, 0.15) is 48.1 Å². The summed E-state index contributed by atoms with van der Waals surface area (Å²) in [6.07, 6.45) is 4.44. The van der Waals surface area contributed by atoms with Gasteiger partial charge in [-0.15, -0.1) is 0 Å². The van der Waals surface area contributed by atoms with Crippen LogP contribution in [-0.4, -0.2) is 27.0 Å². The molecule has 3 heterocycles. The van der Waals surface area contributed by atoms with Crippen molar-refractivity contribution in [1.29, 1.82) is 0 Å². The molecule has 1 aliphatic rings. The third kappa shape index (κ3) is 3.15. The van der Waals surface area contributed by atoms with Crippen molar-refractivity contribution in [3.05, 3.63) is 65.6 Å². The number of fused-ring (bicyclic) bond motifs is 4. The molecule has 0 bridgehead atoms. The summed E-state index contributed by atoms with van der Waals surface area (Å²) in [5, 5.41) is 2.30. The van der Waals surface area contributed by atoms with Crippen LogP contribution < -0.4 is 4.90 Å². The fourth-order valence-corrected chi connectivity index (χ4v) is 4.51. The van der Waals surface area contributed by atoms with Crippen LogP contribution in [0.2, 0.25) is 0 Å². The van der Waals surface area contributed by atoms with Crippen molar-refractivity contribution in [3.8, 4) is 0 Å². The molecular formula is C25H26N4O. The molecular weight excluding hydrogens is 372 g/mol. The van der Waals surface area contributed by atoms with E-state index in [0.717, 1.165) is 59.6 Å². The molecule has 2 aromatic carbocycles. The normalized spacial score (nSPS) is 13.9. The second-order valence-electron chi connectivity index (χ2n) is 8.05. The first-order valence-corrected chi connectivity index (χ1v) is 10.8. The number of aromatic nitrogens is 3. The van der Waals surface area contributed by atoms with Crippen molar-refractivity contribution >= 4 is 33.5 Å². The van der Waals surface area contributed by atoms with E-state index in [2.05, 4.69) is 28.8 Å². The molecule has 0 saturated carbocycles. The highest BCUT2D eigenvalue weighted by molar-refractivity contribution is 6.13. The molecule has 0 atom stereocenters. The molecule has 1 aliphatic heterocycles. The van der Waals surface area contributed by atoms with E-state index in [1.54, 1.807) is 0 Å². The molecule has 2 aromatic heterocycles. The van der Waals surface area contributed by atoms with Gasteiger partial charge in [-0.3, -0.25) is 4.79 Å². The summed E-state index contributed by atoms with van der Waals surface area (Å²) in [6, 6.07) is 16.3. The van der Waals surface area contributed by atoms with Crippen LogP contribution in [0.25, 0.3) is 21.9 Å². The second-order valence-corrected chi connectivity index (χ2v) is 8.05. The number of rotatable bonds is 3. The van der Waals surface area contributed by atoms with E-state index in [4.69, 9.17) is 9.97 Å². The van der Waals surface area contributed by atoms with Crippen LogP contribution in [0.4, 0.5) is 5.69 Å². The van der Waals surface area contributed by atoms with Gasteiger partial charge in [0.2, 0.25) is 0 Å². The van der Waals surface area contributed by atoms with Crippen molar-refractivity contribution in [1.82, 2.24) is 14.5 Å². The third-order valence-corrected chi connectivity index (χ3v) is 6.03. The van der Waals surface area contributed by atoms with E-state index in [0.29, 0.717) is 12.1 Å². The lowest BCUT2D eigenvalue weighted by atomic mass is 10.1. The number of carbonyl (C=O) groups is 1. The largest absolute Gasteiger partial charge is 0.313 e. The molecule has 5 heteroatoms. The lowest BCUT2D eigenvalue weighted by Gasteiger charge is -2.22. The highest BCUT2D eigenvalue weighted by Crippen LogP contribution is 2.28. The molecule has 30 heavy (non-hydrogen) atoms. The highest BCUT2D eigenvalue weighted by atomic mass is 16.2. The summed E-state index contributed by atoms with van der Waals surface area (Å²) in [6.45, 7) is 5.49. The van der Waals surface area contributed by atoms with Gasteiger partial charge in [0.25, 0.3) is 5.91 Å². The Labute approximate surface area is 176 Å². The molecule has 5 nitrogen and oxygen atoms in total. The number of amides is 1. The monoisotopic (exact) mass is 398 g/mol. The Bertz CT molecular complexity index is 1260. The Morgan fingerprint density at radius 3 is 2.70 bits per heavy atom. The van der Waals surface area contributed by atoms with Gasteiger partial charge < -0.3 is 9.47 Å². The Hall–Kier alpha value is -3.21. The van der Waals surface area contributed by atoms with Gasteiger partial charge in [-0.1, -0.05) is 36.8 Å². The quantitative estimate of drug-likeness (QED) is 0.471. The Morgan fingerprint density at radius 2 is 1.87 bits per heavy atom. The number of pyridine rings is 1. The van der Waals surface area contributed by atoms with E-state index in [1.807, 2.05) is 43.0 Å². The van der Waals surface area contributed by atoms with Gasteiger partial charge >= 0.3 is 0 Å². The zero-order valence-corrected chi connectivity index (χ0v) is 17.6. The molecule has 0 unspecified atom stereocenters. The van der Waals surface area contributed by atoms with Gasteiger partial charge in [0, 0.05) is 30.9 Å². The first-order valence-electron chi connectivity index (χ1n) is 10.8. The number of anilines is 1. The van der Waals surface area contributed by atoms with Gasteiger partial charge in [-0.2, -0.15) is 0 Å². The van der Waals surface area contributed by atoms with Crippen molar-refractivity contribution in [2.45, 2.75) is 46.1 Å². The standard InChI is InChI=1S/C25H26N4O/c1-3-28(20-13-12-18-9-6-7-10-19(18)16-20)25(30)21-15-17(2)26-24-23(21)27-22-11-5-4-8-14-29(22)24/h6-7,9-10,12-13,15-16H,3-5,8,11,14H2,1-2H3. The first-order chi connectivity index (χ1) is 14.7. The number of nitrogens with zero attached hydrogens (tertiary/aromatic N) is 4. The summed E-state index contributed by atoms with van der Waals surface area (Å²) in [5.74, 6) is 1.04. The highest BCUT2D eigenvalue weighted by Gasteiger charge is 2.24. The average molecular weight is 399 g/mol. The summed E-state index contributed by atoms with van der Waals surface area (Å²) < 4.78 is 2.22. The SMILES string of the molecule is CCN(C(=O)c1cc(C)nc2c1nc1n2CCCCC1)c1ccc2ccccc2c1. The van der Waals surface area contributed by atoms with Crippen LogP contribution in [0, 0.1) is 6.92 Å². The van der Waals surface area contributed by atoms with Gasteiger partial charge in [0.15, 0.2) is 5.65 Å². The van der Waals surface area contributed by atoms with E-state index in [-0.39, 0.29) is 5.91 Å². The topological polar surface area (TPSA) is 51.0 Å². The Kier molecular flexibility index (Phi) is 4.74. The van der Waals surface area contributed by atoms with Crippen LogP contribution in [-0.2, 0) is 13.0 Å². The van der Waals surface area contributed by atoms with E-state index in [1.165, 1.54) is 11.8 Å². The molecule has 0 aliphatic carbocycles. The molecule has 0 fully saturated rings. The number of benzene rings is 2. The fourth-order valence-electron chi connectivity index (χ4n) is 4.51. The lowest BCUT2D eigenvalue weighted by Crippen LogP contribution is -2.31. The molecule has 0 saturated heterocycles. The second kappa shape index (κ2) is 7.56. The molecule has 0 radical (unpaired) electrons. The Balaban J connectivity index is 1.61. The van der Waals surface area contributed by atoms with E-state index >= 15 is 0 Å². The maximum atomic E-state index is 13.7. The molecule has 152 valence electrons. The van der Waals surface area contributed by atoms with Gasteiger partial charge in [0.1, 0.15) is 11.3 Å². The predicted molar refractivity (Wildman–Crippen MR) is 121 cm³/mol. The summed E-state index contributed by atoms with van der Waals surface area (Å²) in [4.78, 5) is 25.2. The number of imidazole rings is 1. The van der Waals surface area contributed by atoms with Crippen molar-refractivity contribution in [3.63, 3.8) is 0 Å². The number of hydrogen-bond acceptors (Lipinski definition) is 3. The molecule has 0 N–H and O–H groups in total. The predicted octanol–water partition coefficient (Wildman–Crippen LogP) is 5.29. The minimum absolute atomic E-state index is 0.0171. The third-order valence-electron chi connectivity index (χ3n) is 6.03. The molecule has 4 aromatic rings. The van der Waals surface area contributed by atoms with Crippen molar-refractivity contribution in [2.24, 2.45) is 0 Å². The minimum Gasteiger partial charge on any atom is -0.313 e. The average Bonchev–Trinajstić information content (AvgIpc) is 2.94. The van der Waals surface area contributed by atoms with Crippen LogP contribution in [0.3, 0.4) is 0 Å². The summed E-state index contributed by atoms with van der Waals surface area (Å²) >= 11 is 0. The maximum absolute atomic E-state index is 13.7. The minimum atomic E-state index is -0.0171. The van der Waals surface area contributed by atoms with E-state index < -0.39 is 0 Å². The summed E-state index contributed by atoms with van der Waals surface area (Å²) in [7, 11) is 0. The van der Waals surface area contributed by atoms with Gasteiger partial charge in [-0.25, -0.2) is 9.97 Å². The number of aryl methyl sites for hydroxylation is 3. The van der Waals surface area contributed by atoms with Crippen LogP contribution >= 0.6 is 0 Å². The van der Waals surface area contributed by atoms with Crippen molar-refractivity contribution < 1.29 is 4.79 Å². The van der Waals surface area contributed by atoms with Gasteiger partial charge in [0.05, 0.1) is 5.56 Å². The first kappa shape index (κ1) is 18.8. The fraction of sp³-hybridized carbons (Fsp3) is 0.320. The molecule has 5 rings (SSSR count). The molecule has 0 spiro atoms. The zero-order chi connectivity index (χ0) is 20.7. The lowest BCUT2D eigenvalue weighted by molar-refractivity contribution is 0.0989. The number of hydrogen-bond donors (Lipinski definition) is 0. The van der Waals surface area contributed by atoms with E-state index in [9.17, 15) is 4.79 Å². The Morgan fingerprint density at radius 1 is 1.03 bits per heavy atom.